The number of hydrogen-bond donors (Lipinski definition) is 2. The van der Waals surface area contributed by atoms with Crippen LogP contribution < -0.4 is 11.2 Å². The zero-order valence-corrected chi connectivity index (χ0v) is 16.3. The SMILES string of the molecule is CC(=O)N1N=C(c2c(O)n(Cc3ccccc3)c(=O)[nH]c2=O)C[C@H]1c1cccs1. The number of carbonyl (C=O) groups excluding carboxylic acids is 1. The zero-order valence-electron chi connectivity index (χ0n) is 15.5. The molecule has 0 saturated carbocycles. The highest BCUT2D eigenvalue weighted by molar-refractivity contribution is 7.10. The first-order chi connectivity index (χ1) is 14.0. The van der Waals surface area contributed by atoms with Crippen molar-refractivity contribution < 1.29 is 9.90 Å². The van der Waals surface area contributed by atoms with Gasteiger partial charge in [0.1, 0.15) is 5.56 Å². The second-order valence-electron chi connectivity index (χ2n) is 6.68. The van der Waals surface area contributed by atoms with Gasteiger partial charge in [-0.1, -0.05) is 36.4 Å². The lowest BCUT2D eigenvalue weighted by atomic mass is 10.0. The molecule has 0 aliphatic carbocycles. The Bertz CT molecular complexity index is 1200. The highest BCUT2D eigenvalue weighted by atomic mass is 32.1. The van der Waals surface area contributed by atoms with E-state index in [1.54, 1.807) is 0 Å². The maximum Gasteiger partial charge on any atom is 0.331 e. The van der Waals surface area contributed by atoms with Crippen molar-refractivity contribution >= 4 is 23.0 Å². The van der Waals surface area contributed by atoms with Crippen molar-refractivity contribution in [3.8, 4) is 5.88 Å². The van der Waals surface area contributed by atoms with E-state index in [2.05, 4.69) is 10.1 Å². The summed E-state index contributed by atoms with van der Waals surface area (Å²) in [6, 6.07) is 12.5. The minimum Gasteiger partial charge on any atom is -0.494 e. The normalized spacial score (nSPS) is 16.1. The fourth-order valence-electron chi connectivity index (χ4n) is 3.39. The molecule has 0 spiro atoms. The van der Waals surface area contributed by atoms with Gasteiger partial charge in [0.2, 0.25) is 11.8 Å². The predicted molar refractivity (Wildman–Crippen MR) is 109 cm³/mol. The Hall–Kier alpha value is -3.46. The molecule has 0 fully saturated rings. The Morgan fingerprint density at radius 3 is 2.66 bits per heavy atom. The Morgan fingerprint density at radius 1 is 1.24 bits per heavy atom. The van der Waals surface area contributed by atoms with Crippen LogP contribution in [0.2, 0.25) is 0 Å². The molecule has 0 bridgehead atoms. The lowest BCUT2D eigenvalue weighted by molar-refractivity contribution is -0.130. The van der Waals surface area contributed by atoms with E-state index in [1.807, 2.05) is 47.8 Å². The second kappa shape index (κ2) is 7.51. The summed E-state index contributed by atoms with van der Waals surface area (Å²) in [7, 11) is 0. The number of aromatic hydroxyl groups is 1. The second-order valence-corrected chi connectivity index (χ2v) is 7.65. The molecular formula is C20H18N4O4S. The molecule has 4 rings (SSSR count). The molecule has 3 aromatic rings. The van der Waals surface area contributed by atoms with E-state index < -0.39 is 17.1 Å². The average Bonchev–Trinajstić information content (AvgIpc) is 3.35. The van der Waals surface area contributed by atoms with Crippen molar-refractivity contribution in [3.63, 3.8) is 0 Å². The monoisotopic (exact) mass is 410 g/mol. The summed E-state index contributed by atoms with van der Waals surface area (Å²) < 4.78 is 1.09. The van der Waals surface area contributed by atoms with E-state index in [0.717, 1.165) is 15.0 Å². The fourth-order valence-corrected chi connectivity index (χ4v) is 4.20. The zero-order chi connectivity index (χ0) is 20.5. The van der Waals surface area contributed by atoms with E-state index in [-0.39, 0.29) is 36.2 Å². The number of thiophene rings is 1. The maximum atomic E-state index is 12.5. The molecule has 1 aliphatic heterocycles. The third-order valence-corrected chi connectivity index (χ3v) is 5.72. The smallest absolute Gasteiger partial charge is 0.331 e. The topological polar surface area (TPSA) is 108 Å². The van der Waals surface area contributed by atoms with Crippen molar-refractivity contribution in [1.82, 2.24) is 14.6 Å². The van der Waals surface area contributed by atoms with Gasteiger partial charge < -0.3 is 5.11 Å². The van der Waals surface area contributed by atoms with Crippen molar-refractivity contribution in [1.29, 1.82) is 0 Å². The molecule has 1 amide bonds. The first kappa shape index (κ1) is 18.9. The van der Waals surface area contributed by atoms with Gasteiger partial charge in [-0.3, -0.25) is 19.1 Å². The van der Waals surface area contributed by atoms with Crippen LogP contribution in [0, 0.1) is 0 Å². The van der Waals surface area contributed by atoms with E-state index in [9.17, 15) is 19.5 Å². The molecule has 2 N–H and O–H groups in total. The van der Waals surface area contributed by atoms with Crippen LogP contribution in [0.5, 0.6) is 5.88 Å². The quantitative estimate of drug-likeness (QED) is 0.686. The lowest BCUT2D eigenvalue weighted by Crippen LogP contribution is -2.34. The van der Waals surface area contributed by atoms with Gasteiger partial charge in [0.25, 0.3) is 5.56 Å². The molecule has 0 saturated heterocycles. The van der Waals surface area contributed by atoms with Crippen LogP contribution >= 0.6 is 11.3 Å². The largest absolute Gasteiger partial charge is 0.494 e. The number of aromatic amines is 1. The molecule has 3 heterocycles. The first-order valence-electron chi connectivity index (χ1n) is 8.96. The highest BCUT2D eigenvalue weighted by Crippen LogP contribution is 2.35. The lowest BCUT2D eigenvalue weighted by Gasteiger charge is -2.18. The fraction of sp³-hybridized carbons (Fsp3) is 0.200. The summed E-state index contributed by atoms with van der Waals surface area (Å²) in [5.41, 5.74) is -0.481. The molecule has 0 unspecified atom stereocenters. The Kier molecular flexibility index (Phi) is 4.89. The number of nitrogens with one attached hydrogen (secondary N) is 1. The molecule has 1 aliphatic rings. The molecule has 148 valence electrons. The van der Waals surface area contributed by atoms with E-state index >= 15 is 0 Å². The van der Waals surface area contributed by atoms with Crippen molar-refractivity contribution in [2.24, 2.45) is 5.10 Å². The standard InChI is InChI=1S/C20H18N4O4S/c1-12(25)24-15(16-8-5-9-29-16)10-14(22-24)17-18(26)21-20(28)23(19(17)27)11-13-6-3-2-4-7-13/h2-9,15,27H,10-11H2,1H3,(H,21,26,28)/t15-/m0/s1. The van der Waals surface area contributed by atoms with Crippen molar-refractivity contribution in [3.05, 3.63) is 84.7 Å². The molecule has 8 nitrogen and oxygen atoms in total. The minimum atomic E-state index is -0.731. The Labute approximate surface area is 169 Å². The molecule has 1 aromatic carbocycles. The summed E-state index contributed by atoms with van der Waals surface area (Å²) in [5, 5.41) is 18.3. The Balaban J connectivity index is 1.78. The van der Waals surface area contributed by atoms with E-state index in [0.29, 0.717) is 0 Å². The molecule has 9 heteroatoms. The van der Waals surface area contributed by atoms with Gasteiger partial charge in [-0.25, -0.2) is 9.80 Å². The average molecular weight is 410 g/mol. The van der Waals surface area contributed by atoms with Crippen LogP contribution in [-0.4, -0.2) is 31.3 Å². The van der Waals surface area contributed by atoms with Gasteiger partial charge in [0.05, 0.1) is 18.3 Å². The third kappa shape index (κ3) is 3.52. The number of hydrogen-bond acceptors (Lipinski definition) is 6. The summed E-state index contributed by atoms with van der Waals surface area (Å²) in [5.74, 6) is -0.733. The van der Waals surface area contributed by atoms with E-state index in [1.165, 1.54) is 23.3 Å². The van der Waals surface area contributed by atoms with E-state index in [4.69, 9.17) is 0 Å². The van der Waals surface area contributed by atoms with Crippen molar-refractivity contribution in [2.75, 3.05) is 0 Å². The molecular weight excluding hydrogens is 392 g/mol. The number of carbonyl (C=O) groups is 1. The van der Waals surface area contributed by atoms with Gasteiger partial charge in [-0.05, 0) is 17.0 Å². The number of aromatic nitrogens is 2. The van der Waals surface area contributed by atoms with Gasteiger partial charge in [0.15, 0.2) is 0 Å². The van der Waals surface area contributed by atoms with Crippen molar-refractivity contribution in [2.45, 2.75) is 25.9 Å². The molecule has 29 heavy (non-hydrogen) atoms. The maximum absolute atomic E-state index is 12.5. The number of nitrogens with zero attached hydrogens (tertiary/aromatic N) is 3. The summed E-state index contributed by atoms with van der Waals surface area (Å²) in [4.78, 5) is 40.1. The van der Waals surface area contributed by atoms with Crippen LogP contribution in [0.15, 0.2) is 62.5 Å². The van der Waals surface area contributed by atoms with Crippen LogP contribution in [0.25, 0.3) is 0 Å². The van der Waals surface area contributed by atoms with Crippen LogP contribution in [0.4, 0.5) is 0 Å². The number of rotatable bonds is 4. The molecule has 0 radical (unpaired) electrons. The van der Waals surface area contributed by atoms with Crippen LogP contribution in [0.1, 0.15) is 35.4 Å². The summed E-state index contributed by atoms with van der Waals surface area (Å²) in [6.45, 7) is 1.49. The number of hydrazone groups is 1. The number of amides is 1. The third-order valence-electron chi connectivity index (χ3n) is 4.75. The Morgan fingerprint density at radius 2 is 2.00 bits per heavy atom. The summed E-state index contributed by atoms with van der Waals surface area (Å²) >= 11 is 1.48. The van der Waals surface area contributed by atoms with Gasteiger partial charge in [-0.2, -0.15) is 5.10 Å². The van der Waals surface area contributed by atoms with Crippen LogP contribution in [-0.2, 0) is 11.3 Å². The number of benzene rings is 1. The predicted octanol–water partition coefficient (Wildman–Crippen LogP) is 2.05. The number of H-pyrrole nitrogens is 1. The van der Waals surface area contributed by atoms with Gasteiger partial charge in [-0.15, -0.1) is 11.3 Å². The summed E-state index contributed by atoms with van der Waals surface area (Å²) in [6.07, 6.45) is 0.264. The minimum absolute atomic E-state index is 0.0906. The highest BCUT2D eigenvalue weighted by Gasteiger charge is 2.34. The molecule has 2 aromatic heterocycles. The first-order valence-corrected chi connectivity index (χ1v) is 9.84. The van der Waals surface area contributed by atoms with Crippen LogP contribution in [0.3, 0.4) is 0 Å². The molecule has 1 atom stereocenters. The van der Waals surface area contributed by atoms with Gasteiger partial charge >= 0.3 is 5.69 Å². The van der Waals surface area contributed by atoms with Gasteiger partial charge in [0, 0.05) is 18.2 Å².